The van der Waals surface area contributed by atoms with Crippen molar-refractivity contribution in [3.05, 3.63) is 35.9 Å². The monoisotopic (exact) mass is 520 g/mol. The van der Waals surface area contributed by atoms with Gasteiger partial charge in [0.05, 0.1) is 0 Å². The Bertz CT molecular complexity index is 541. The summed E-state index contributed by atoms with van der Waals surface area (Å²) in [4.78, 5) is 0. The van der Waals surface area contributed by atoms with E-state index in [1.54, 1.807) is 77.0 Å². The van der Waals surface area contributed by atoms with E-state index in [0.29, 0.717) is 25.7 Å². The second-order valence-electron chi connectivity index (χ2n) is 9.64. The molecule has 0 radical (unpaired) electrons. The van der Waals surface area contributed by atoms with Crippen LogP contribution in [0, 0.1) is 0 Å². The fraction of sp³-hybridized carbons (Fsp3) is 0.741. The normalized spacial score (nSPS) is 22.9. The van der Waals surface area contributed by atoms with E-state index in [-0.39, 0.29) is 0 Å². The number of rotatable bonds is 5. The van der Waals surface area contributed by atoms with Crippen molar-refractivity contribution in [1.29, 1.82) is 0 Å². The quantitative estimate of drug-likeness (QED) is 0.282. The summed E-state index contributed by atoms with van der Waals surface area (Å²) < 4.78 is 4.45. The van der Waals surface area contributed by atoms with Gasteiger partial charge in [-0.1, -0.05) is 65.7 Å². The summed E-state index contributed by atoms with van der Waals surface area (Å²) in [5, 5.41) is 0. The van der Waals surface area contributed by atoms with Crippen LogP contribution >= 0.6 is 7.92 Å². The zero-order valence-corrected chi connectivity index (χ0v) is 22.0. The van der Waals surface area contributed by atoms with Gasteiger partial charge in [0.2, 0.25) is 0 Å². The Balaban J connectivity index is 0.000000199. The van der Waals surface area contributed by atoms with Crippen molar-refractivity contribution in [2.45, 2.75) is 113 Å². The number of hydrogen-bond donors (Lipinski definition) is 0. The molecule has 0 N–H and O–H groups in total. The van der Waals surface area contributed by atoms with Crippen LogP contribution in [0.15, 0.2) is 30.3 Å². The summed E-state index contributed by atoms with van der Waals surface area (Å²) in [6.45, 7) is 0. The minimum absolute atomic E-state index is 0.385. The van der Waals surface area contributed by atoms with E-state index in [9.17, 15) is 0 Å². The van der Waals surface area contributed by atoms with Gasteiger partial charge < -0.3 is 0 Å². The van der Waals surface area contributed by atoms with Gasteiger partial charge in [-0.2, -0.15) is 0 Å². The van der Waals surface area contributed by atoms with Crippen molar-refractivity contribution < 1.29 is 17.8 Å². The molecular weight excluding hydrogens is 476 g/mol. The first-order valence-corrected chi connectivity index (χ1v) is 15.8. The molecule has 173 valence electrons. The van der Waals surface area contributed by atoms with Gasteiger partial charge in [0.15, 0.2) is 0 Å². The maximum atomic E-state index is 2.26. The van der Waals surface area contributed by atoms with Crippen LogP contribution in [0.3, 0.4) is 0 Å². The van der Waals surface area contributed by atoms with Crippen LogP contribution in [0.2, 0.25) is 0 Å². The number of benzene rings is 1. The second kappa shape index (κ2) is 14.3. The zero-order valence-electron chi connectivity index (χ0n) is 19.5. The van der Waals surface area contributed by atoms with Crippen molar-refractivity contribution in [2.24, 2.45) is 0 Å². The molecular formula is C27H45NPPd. The van der Waals surface area contributed by atoms with E-state index < -0.39 is 0 Å². The van der Waals surface area contributed by atoms with E-state index in [0.717, 1.165) is 0 Å². The van der Waals surface area contributed by atoms with E-state index in [1.807, 2.05) is 6.07 Å². The van der Waals surface area contributed by atoms with Crippen molar-refractivity contribution >= 4 is 12.4 Å². The predicted octanol–water partition coefficient (Wildman–Crippen LogP) is 7.86. The van der Waals surface area contributed by atoms with Crippen LogP contribution in [-0.4, -0.2) is 39.1 Å². The Morgan fingerprint density at radius 2 is 1.07 bits per heavy atom. The molecule has 1 aromatic carbocycles. The Labute approximate surface area is 196 Å². The van der Waals surface area contributed by atoms with Gasteiger partial charge in [0, 0.05) is 0 Å². The molecule has 0 amide bonds. The van der Waals surface area contributed by atoms with Crippen molar-refractivity contribution in [3.8, 4) is 0 Å². The maximum absolute atomic E-state index is 2.26. The third-order valence-corrected chi connectivity index (χ3v) is 12.7. The van der Waals surface area contributed by atoms with Crippen LogP contribution in [0.1, 0.15) is 102 Å². The Kier molecular flexibility index (Phi) is 11.8. The fourth-order valence-corrected chi connectivity index (χ4v) is 11.3. The molecule has 0 saturated heterocycles. The molecule has 3 heteroatoms. The van der Waals surface area contributed by atoms with Gasteiger partial charge in [-0.15, -0.1) is 0 Å². The average Bonchev–Trinajstić information content (AvgIpc) is 2.81. The standard InChI is InChI=1S/C18H33P.C7H6.C2H6N.Pd/c1-4-10-16(11-5-1)19(17-12-6-2-7-13-17)18-14-8-3-9-15-18;1-7-5-3-2-4-6-7;1-3-2;/h16-18H,1-15H2;1-6H;1-2H3;/q;;-1;+1. The first-order chi connectivity index (χ1) is 14.7. The Morgan fingerprint density at radius 3 is 1.43 bits per heavy atom. The third kappa shape index (κ3) is 8.59. The number of hydrogen-bond acceptors (Lipinski definition) is 1. The van der Waals surface area contributed by atoms with Gasteiger partial charge in [-0.3, -0.25) is 0 Å². The van der Waals surface area contributed by atoms with E-state index >= 15 is 0 Å². The van der Waals surface area contributed by atoms with E-state index in [1.165, 1.54) is 41.8 Å². The molecule has 3 saturated carbocycles. The van der Waals surface area contributed by atoms with Crippen molar-refractivity contribution in [2.75, 3.05) is 14.1 Å². The summed E-state index contributed by atoms with van der Waals surface area (Å²) in [5.41, 5.74) is 4.88. The molecule has 30 heavy (non-hydrogen) atoms. The van der Waals surface area contributed by atoms with Gasteiger partial charge in [-0.25, -0.2) is 0 Å². The molecule has 1 nitrogen and oxygen atoms in total. The van der Waals surface area contributed by atoms with Gasteiger partial charge in [0.1, 0.15) is 0 Å². The van der Waals surface area contributed by atoms with Crippen LogP contribution in [-0.2, 0) is 17.8 Å². The first kappa shape index (κ1) is 24.8. The van der Waals surface area contributed by atoms with Crippen molar-refractivity contribution in [3.63, 3.8) is 0 Å². The molecule has 3 fully saturated rings. The van der Waals surface area contributed by atoms with Crippen molar-refractivity contribution in [1.82, 2.24) is 3.53 Å². The molecule has 0 aromatic heterocycles. The molecule has 0 atom stereocenters. The first-order valence-electron chi connectivity index (χ1n) is 12.6. The molecule has 0 bridgehead atoms. The summed E-state index contributed by atoms with van der Waals surface area (Å²) >= 11 is 0.591. The third-order valence-electron chi connectivity index (χ3n) is 7.10. The Morgan fingerprint density at radius 1 is 0.667 bits per heavy atom. The van der Waals surface area contributed by atoms with E-state index in [2.05, 4.69) is 46.4 Å². The molecule has 0 unspecified atom stereocenters. The molecule has 3 aliphatic carbocycles. The number of nitrogens with zero attached hydrogens (tertiary/aromatic N) is 1. The van der Waals surface area contributed by atoms with Gasteiger partial charge in [-0.05, 0) is 55.5 Å². The fourth-order valence-electron chi connectivity index (χ4n) is 5.67. The van der Waals surface area contributed by atoms with Gasteiger partial charge >= 0.3 is 75.8 Å². The summed E-state index contributed by atoms with van der Waals surface area (Å²) in [5.74, 6) is 0. The van der Waals surface area contributed by atoms with Crippen LogP contribution in [0.4, 0.5) is 0 Å². The zero-order chi connectivity index (χ0) is 21.0. The second-order valence-corrected chi connectivity index (χ2v) is 15.0. The van der Waals surface area contributed by atoms with E-state index in [4.69, 9.17) is 0 Å². The molecule has 0 heterocycles. The molecule has 3 aliphatic rings. The summed E-state index contributed by atoms with van der Waals surface area (Å²) in [6.07, 6.45) is 23.6. The predicted molar refractivity (Wildman–Crippen MR) is 133 cm³/mol. The average molecular weight is 521 g/mol. The summed E-state index contributed by atoms with van der Waals surface area (Å²) in [6, 6.07) is 10.4. The topological polar surface area (TPSA) is 3.24 Å². The molecule has 4 rings (SSSR count). The van der Waals surface area contributed by atoms with Crippen LogP contribution in [0.5, 0.6) is 0 Å². The SMILES string of the molecule is C1CCC(P(C2CCCCC2)C2CCCCC2)CC1.C[N](C)[Pd]=[CH]c1ccccc1. The molecule has 1 aromatic rings. The van der Waals surface area contributed by atoms with Crippen LogP contribution < -0.4 is 0 Å². The minimum atomic E-state index is 0.385. The Hall–Kier alpha value is 0.142. The summed E-state index contributed by atoms with van der Waals surface area (Å²) in [7, 11) is 4.57. The van der Waals surface area contributed by atoms with Crippen LogP contribution in [0.25, 0.3) is 0 Å². The van der Waals surface area contributed by atoms with Gasteiger partial charge in [0.25, 0.3) is 0 Å². The molecule has 0 aliphatic heterocycles. The molecule has 0 spiro atoms.